The molecule has 3 heteroatoms. The number of hydrogen-bond donors (Lipinski definition) is 1. The Labute approximate surface area is 68.6 Å². The Kier molecular flexibility index (Phi) is 6.09. The molecule has 0 aliphatic heterocycles. The summed E-state index contributed by atoms with van der Waals surface area (Å²) in [5, 5.41) is 2.88. The van der Waals surface area contributed by atoms with Gasteiger partial charge in [-0.05, 0) is 12.6 Å². The van der Waals surface area contributed by atoms with E-state index < -0.39 is 0 Å². The van der Waals surface area contributed by atoms with Gasteiger partial charge in [0.15, 0.2) is 0 Å². The molecule has 0 aromatic carbocycles. The highest BCUT2D eigenvalue weighted by atomic mass is 127. The Morgan fingerprint density at radius 3 is 2.88 bits per heavy atom. The van der Waals surface area contributed by atoms with Gasteiger partial charge in [-0.3, -0.25) is 0 Å². The van der Waals surface area contributed by atoms with E-state index in [-0.39, 0.29) is 3.38 Å². The lowest BCUT2D eigenvalue weighted by atomic mass is 10.5. The van der Waals surface area contributed by atoms with Crippen molar-refractivity contribution in [3.63, 3.8) is 0 Å². The second-order valence-corrected chi connectivity index (χ2v) is 4.08. The Balaban J connectivity index is 3.03. The molecule has 0 amide bonds. The summed E-state index contributed by atoms with van der Waals surface area (Å²) in [5.74, 6) is 0. The van der Waals surface area contributed by atoms with E-state index in [2.05, 4.69) is 27.9 Å². The van der Waals surface area contributed by atoms with Crippen molar-refractivity contribution in [3.8, 4) is 0 Å². The Hall–Kier alpha value is 0.560. The van der Waals surface area contributed by atoms with Crippen molar-refractivity contribution in [2.45, 2.75) is 9.80 Å². The first-order valence-electron chi connectivity index (χ1n) is 2.37. The van der Waals surface area contributed by atoms with Crippen LogP contribution in [0.5, 0.6) is 0 Å². The van der Waals surface area contributed by atoms with E-state index in [0.29, 0.717) is 0 Å². The maximum atomic E-state index is 5.62. The summed E-state index contributed by atoms with van der Waals surface area (Å²) in [6, 6.07) is 0. The molecule has 1 atom stereocenters. The summed E-state index contributed by atoms with van der Waals surface area (Å²) in [6.45, 7) is 0. The topological polar surface area (TPSA) is 12.0 Å². The summed E-state index contributed by atoms with van der Waals surface area (Å²) in [5.41, 5.74) is 0. The van der Waals surface area contributed by atoms with Crippen LogP contribution < -0.4 is 5.32 Å². The Bertz CT molecular complexity index is 72.8. The summed E-state index contributed by atoms with van der Waals surface area (Å²) in [4.78, 5) is 0. The standard InChI is InChI=1S/C5H9ClIN/c1-8-4-2-3-5(6)7/h2,4-5,8H,3H2,1H3/b4-2-. The molecule has 0 spiro atoms. The van der Waals surface area contributed by atoms with E-state index in [1.165, 1.54) is 0 Å². The number of hydrogen-bond acceptors (Lipinski definition) is 1. The van der Waals surface area contributed by atoms with Crippen molar-refractivity contribution in [1.29, 1.82) is 0 Å². The van der Waals surface area contributed by atoms with Crippen LogP contribution in [-0.2, 0) is 0 Å². The molecule has 0 saturated carbocycles. The van der Waals surface area contributed by atoms with E-state index in [4.69, 9.17) is 11.6 Å². The molecule has 0 aliphatic carbocycles. The van der Waals surface area contributed by atoms with Crippen LogP contribution in [-0.4, -0.2) is 10.4 Å². The molecule has 8 heavy (non-hydrogen) atoms. The SMILES string of the molecule is CN/C=C\CC(Cl)I. The zero-order valence-electron chi connectivity index (χ0n) is 4.70. The third-order valence-electron chi connectivity index (χ3n) is 0.599. The fourth-order valence-corrected chi connectivity index (χ4v) is 0.685. The van der Waals surface area contributed by atoms with Crippen LogP contribution >= 0.6 is 34.2 Å². The largest absolute Gasteiger partial charge is 0.394 e. The third kappa shape index (κ3) is 6.56. The van der Waals surface area contributed by atoms with Crippen LogP contribution in [0.1, 0.15) is 6.42 Å². The van der Waals surface area contributed by atoms with Gasteiger partial charge < -0.3 is 5.32 Å². The van der Waals surface area contributed by atoms with Gasteiger partial charge in [-0.1, -0.05) is 28.7 Å². The smallest absolute Gasteiger partial charge is 0.0885 e. The molecular formula is C5H9ClIN. The molecule has 0 aromatic heterocycles. The molecule has 1 N–H and O–H groups in total. The lowest BCUT2D eigenvalue weighted by molar-refractivity contribution is 1.07. The molecular weight excluding hydrogens is 236 g/mol. The average molecular weight is 245 g/mol. The quantitative estimate of drug-likeness (QED) is 0.593. The van der Waals surface area contributed by atoms with Crippen molar-refractivity contribution < 1.29 is 0 Å². The van der Waals surface area contributed by atoms with E-state index in [9.17, 15) is 0 Å². The number of rotatable bonds is 3. The maximum Gasteiger partial charge on any atom is 0.0885 e. The summed E-state index contributed by atoms with van der Waals surface area (Å²) in [6.07, 6.45) is 4.81. The first-order chi connectivity index (χ1) is 3.77. The second-order valence-electron chi connectivity index (χ2n) is 1.32. The molecule has 0 radical (unpaired) electrons. The Morgan fingerprint density at radius 2 is 2.50 bits per heavy atom. The van der Waals surface area contributed by atoms with E-state index in [0.717, 1.165) is 6.42 Å². The lowest BCUT2D eigenvalue weighted by Gasteiger charge is -1.91. The highest BCUT2D eigenvalue weighted by Gasteiger charge is 1.89. The Morgan fingerprint density at radius 1 is 1.88 bits per heavy atom. The van der Waals surface area contributed by atoms with E-state index in [1.54, 1.807) is 0 Å². The lowest BCUT2D eigenvalue weighted by Crippen LogP contribution is -1.91. The minimum absolute atomic E-state index is 0.220. The van der Waals surface area contributed by atoms with Gasteiger partial charge in [0.1, 0.15) is 0 Å². The zero-order chi connectivity index (χ0) is 6.41. The van der Waals surface area contributed by atoms with E-state index >= 15 is 0 Å². The van der Waals surface area contributed by atoms with Crippen molar-refractivity contribution in [1.82, 2.24) is 5.32 Å². The average Bonchev–Trinajstić information content (AvgIpc) is 1.66. The van der Waals surface area contributed by atoms with Crippen LogP contribution in [0.2, 0.25) is 0 Å². The third-order valence-corrected chi connectivity index (χ3v) is 1.29. The van der Waals surface area contributed by atoms with Gasteiger partial charge in [0, 0.05) is 7.05 Å². The number of allylic oxidation sites excluding steroid dienone is 1. The fourth-order valence-electron chi connectivity index (χ4n) is 0.289. The maximum absolute atomic E-state index is 5.62. The minimum atomic E-state index is 0.220. The monoisotopic (exact) mass is 245 g/mol. The molecule has 0 heterocycles. The molecule has 1 nitrogen and oxygen atoms in total. The van der Waals surface area contributed by atoms with Gasteiger partial charge in [0.05, 0.1) is 3.38 Å². The fraction of sp³-hybridized carbons (Fsp3) is 0.600. The van der Waals surface area contributed by atoms with Gasteiger partial charge in [-0.15, -0.1) is 11.6 Å². The molecule has 0 aliphatic rings. The number of alkyl halides is 2. The molecule has 1 unspecified atom stereocenters. The summed E-state index contributed by atoms with van der Waals surface area (Å²) < 4.78 is 0.220. The second kappa shape index (κ2) is 5.69. The first-order valence-corrected chi connectivity index (χ1v) is 4.06. The van der Waals surface area contributed by atoms with Crippen LogP contribution in [0, 0.1) is 0 Å². The van der Waals surface area contributed by atoms with Gasteiger partial charge in [-0.25, -0.2) is 0 Å². The summed E-state index contributed by atoms with van der Waals surface area (Å²) >= 11 is 7.79. The van der Waals surface area contributed by atoms with Crippen LogP contribution in [0.15, 0.2) is 12.3 Å². The molecule has 0 bridgehead atoms. The predicted octanol–water partition coefficient (Wildman–Crippen LogP) is 2.11. The van der Waals surface area contributed by atoms with Gasteiger partial charge in [0.25, 0.3) is 0 Å². The van der Waals surface area contributed by atoms with Crippen LogP contribution in [0.25, 0.3) is 0 Å². The van der Waals surface area contributed by atoms with Gasteiger partial charge in [0.2, 0.25) is 0 Å². The van der Waals surface area contributed by atoms with Crippen molar-refractivity contribution in [3.05, 3.63) is 12.3 Å². The summed E-state index contributed by atoms with van der Waals surface area (Å²) in [7, 11) is 1.87. The van der Waals surface area contributed by atoms with Gasteiger partial charge >= 0.3 is 0 Å². The van der Waals surface area contributed by atoms with Crippen molar-refractivity contribution >= 4 is 34.2 Å². The number of nitrogens with one attached hydrogen (secondary N) is 1. The molecule has 48 valence electrons. The molecule has 0 saturated heterocycles. The van der Waals surface area contributed by atoms with Crippen molar-refractivity contribution in [2.75, 3.05) is 7.05 Å². The normalized spacial score (nSPS) is 14.4. The van der Waals surface area contributed by atoms with E-state index in [1.807, 2.05) is 19.3 Å². The van der Waals surface area contributed by atoms with Crippen LogP contribution in [0.3, 0.4) is 0 Å². The molecule has 0 fully saturated rings. The molecule has 0 rings (SSSR count). The highest BCUT2D eigenvalue weighted by Crippen LogP contribution is 2.09. The van der Waals surface area contributed by atoms with Crippen LogP contribution in [0.4, 0.5) is 0 Å². The van der Waals surface area contributed by atoms with Crippen molar-refractivity contribution in [2.24, 2.45) is 0 Å². The molecule has 0 aromatic rings. The highest BCUT2D eigenvalue weighted by molar-refractivity contribution is 14.1. The van der Waals surface area contributed by atoms with Gasteiger partial charge in [-0.2, -0.15) is 0 Å². The zero-order valence-corrected chi connectivity index (χ0v) is 7.61. The first kappa shape index (κ1) is 8.56. The number of halogens is 2. The minimum Gasteiger partial charge on any atom is -0.394 e. The predicted molar refractivity (Wildman–Crippen MR) is 46.5 cm³/mol.